The van der Waals surface area contributed by atoms with E-state index in [1.54, 1.807) is 11.1 Å². The highest BCUT2D eigenvalue weighted by Gasteiger charge is 2.23. The van der Waals surface area contributed by atoms with Crippen molar-refractivity contribution in [3.05, 3.63) is 71.4 Å². The summed E-state index contributed by atoms with van der Waals surface area (Å²) in [6.07, 6.45) is 1.63. The number of rotatable bonds is 5. The second-order valence-electron chi connectivity index (χ2n) is 7.47. The lowest BCUT2D eigenvalue weighted by molar-refractivity contribution is -0.136. The minimum atomic E-state index is -0.478. The van der Waals surface area contributed by atoms with Crippen LogP contribution in [0.25, 0.3) is 10.9 Å². The molecule has 1 aliphatic heterocycles. The number of nitrogens with one attached hydrogen (secondary N) is 1. The maximum absolute atomic E-state index is 12.5. The fourth-order valence-corrected chi connectivity index (χ4v) is 3.76. The van der Waals surface area contributed by atoms with Crippen LogP contribution in [0.1, 0.15) is 21.5 Å². The van der Waals surface area contributed by atoms with Crippen molar-refractivity contribution in [1.29, 1.82) is 0 Å². The van der Waals surface area contributed by atoms with Gasteiger partial charge in [-0.15, -0.1) is 0 Å². The topological polar surface area (TPSA) is 65.6 Å². The van der Waals surface area contributed by atoms with Crippen molar-refractivity contribution in [1.82, 2.24) is 14.8 Å². The number of amides is 1. The minimum absolute atomic E-state index is 0.145. The van der Waals surface area contributed by atoms with Crippen molar-refractivity contribution in [2.24, 2.45) is 0 Å². The van der Waals surface area contributed by atoms with E-state index in [9.17, 15) is 9.59 Å². The Labute approximate surface area is 170 Å². The molecule has 0 aliphatic carbocycles. The Hall–Kier alpha value is -3.12. The van der Waals surface area contributed by atoms with Crippen molar-refractivity contribution in [3.63, 3.8) is 0 Å². The van der Waals surface area contributed by atoms with Crippen LogP contribution in [0.15, 0.2) is 54.7 Å². The van der Waals surface area contributed by atoms with Gasteiger partial charge in [-0.3, -0.25) is 9.69 Å². The van der Waals surface area contributed by atoms with Crippen LogP contribution in [-0.4, -0.2) is 59.4 Å². The van der Waals surface area contributed by atoms with Crippen LogP contribution in [0.5, 0.6) is 0 Å². The summed E-state index contributed by atoms with van der Waals surface area (Å²) in [5, 5.41) is 0.801. The van der Waals surface area contributed by atoms with Gasteiger partial charge in [0.15, 0.2) is 6.61 Å². The molecule has 1 amide bonds. The maximum Gasteiger partial charge on any atom is 0.340 e. The summed E-state index contributed by atoms with van der Waals surface area (Å²) in [6, 6.07) is 16.0. The molecule has 1 aliphatic rings. The first kappa shape index (κ1) is 19.2. The van der Waals surface area contributed by atoms with E-state index in [1.807, 2.05) is 24.3 Å². The number of esters is 1. The van der Waals surface area contributed by atoms with Gasteiger partial charge >= 0.3 is 5.97 Å². The second-order valence-corrected chi connectivity index (χ2v) is 7.47. The van der Waals surface area contributed by atoms with Crippen LogP contribution < -0.4 is 0 Å². The highest BCUT2D eigenvalue weighted by Crippen LogP contribution is 2.18. The van der Waals surface area contributed by atoms with Gasteiger partial charge in [0.1, 0.15) is 0 Å². The second kappa shape index (κ2) is 8.49. The lowest BCUT2D eigenvalue weighted by Crippen LogP contribution is -2.49. The number of nitrogens with zero attached hydrogens (tertiary/aromatic N) is 2. The molecule has 0 atom stereocenters. The first-order chi connectivity index (χ1) is 14.1. The summed E-state index contributed by atoms with van der Waals surface area (Å²) < 4.78 is 5.28. The number of para-hydroxylation sites is 1. The van der Waals surface area contributed by atoms with Crippen LogP contribution in [-0.2, 0) is 16.1 Å². The number of benzene rings is 2. The number of aryl methyl sites for hydroxylation is 1. The standard InChI is InChI=1S/C23H25N3O3/c1-17-5-4-6-18(13-17)15-25-9-11-26(12-10-25)22(27)16-29-23(28)20-14-24-21-8-3-2-7-19(20)21/h2-8,13-14,24H,9-12,15-16H2,1H3. The average Bonchev–Trinajstić information content (AvgIpc) is 3.17. The molecule has 1 fully saturated rings. The van der Waals surface area contributed by atoms with Gasteiger partial charge in [-0.05, 0) is 18.6 Å². The van der Waals surface area contributed by atoms with Crippen molar-refractivity contribution < 1.29 is 14.3 Å². The van der Waals surface area contributed by atoms with E-state index in [0.29, 0.717) is 18.7 Å². The van der Waals surface area contributed by atoms with Crippen LogP contribution in [0.2, 0.25) is 0 Å². The summed E-state index contributed by atoms with van der Waals surface area (Å²) in [7, 11) is 0. The SMILES string of the molecule is Cc1cccc(CN2CCN(C(=O)COC(=O)c3c[nH]c4ccccc34)CC2)c1. The van der Waals surface area contributed by atoms with Gasteiger partial charge in [-0.1, -0.05) is 48.0 Å². The molecule has 0 bridgehead atoms. The summed E-state index contributed by atoms with van der Waals surface area (Å²) in [4.78, 5) is 32.0. The number of hydrogen-bond donors (Lipinski definition) is 1. The predicted molar refractivity (Wildman–Crippen MR) is 112 cm³/mol. The molecule has 1 aromatic heterocycles. The van der Waals surface area contributed by atoms with Crippen LogP contribution in [0.3, 0.4) is 0 Å². The third-order valence-electron chi connectivity index (χ3n) is 5.35. The van der Waals surface area contributed by atoms with Crippen molar-refractivity contribution in [2.45, 2.75) is 13.5 Å². The largest absolute Gasteiger partial charge is 0.452 e. The normalized spacial score (nSPS) is 14.9. The van der Waals surface area contributed by atoms with E-state index in [0.717, 1.165) is 30.5 Å². The molecule has 6 nitrogen and oxygen atoms in total. The third kappa shape index (κ3) is 4.49. The fourth-order valence-electron chi connectivity index (χ4n) is 3.76. The lowest BCUT2D eigenvalue weighted by Gasteiger charge is -2.34. The van der Waals surface area contributed by atoms with Gasteiger partial charge in [0.25, 0.3) is 5.91 Å². The summed E-state index contributed by atoms with van der Waals surface area (Å²) in [6.45, 7) is 5.68. The Morgan fingerprint density at radius 2 is 1.83 bits per heavy atom. The number of piperazine rings is 1. The molecule has 3 aromatic rings. The number of fused-ring (bicyclic) bond motifs is 1. The number of aromatic amines is 1. The quantitative estimate of drug-likeness (QED) is 0.679. The molecular weight excluding hydrogens is 366 g/mol. The maximum atomic E-state index is 12.5. The first-order valence-electron chi connectivity index (χ1n) is 9.89. The van der Waals surface area contributed by atoms with E-state index < -0.39 is 5.97 Å². The van der Waals surface area contributed by atoms with Crippen LogP contribution >= 0.6 is 0 Å². The van der Waals surface area contributed by atoms with Gasteiger partial charge < -0.3 is 14.6 Å². The van der Waals surface area contributed by atoms with E-state index >= 15 is 0 Å². The van der Waals surface area contributed by atoms with Crippen LogP contribution in [0.4, 0.5) is 0 Å². The van der Waals surface area contributed by atoms with Crippen LogP contribution in [0, 0.1) is 6.92 Å². The minimum Gasteiger partial charge on any atom is -0.452 e. The average molecular weight is 391 g/mol. The van der Waals surface area contributed by atoms with Crippen molar-refractivity contribution >= 4 is 22.8 Å². The van der Waals surface area contributed by atoms with E-state index in [1.165, 1.54) is 11.1 Å². The number of aromatic nitrogens is 1. The lowest BCUT2D eigenvalue weighted by atomic mass is 10.1. The zero-order valence-electron chi connectivity index (χ0n) is 16.6. The molecule has 29 heavy (non-hydrogen) atoms. The molecular formula is C23H25N3O3. The molecule has 4 rings (SSSR count). The number of ether oxygens (including phenoxy) is 1. The number of hydrogen-bond acceptors (Lipinski definition) is 4. The zero-order valence-corrected chi connectivity index (χ0v) is 16.6. The molecule has 1 saturated heterocycles. The van der Waals surface area contributed by atoms with Gasteiger partial charge in [0.05, 0.1) is 5.56 Å². The summed E-state index contributed by atoms with van der Waals surface area (Å²) in [5.41, 5.74) is 3.87. The smallest absolute Gasteiger partial charge is 0.340 e. The van der Waals surface area contributed by atoms with E-state index in [4.69, 9.17) is 4.74 Å². The molecule has 6 heteroatoms. The van der Waals surface area contributed by atoms with Crippen molar-refractivity contribution in [3.8, 4) is 0 Å². The molecule has 2 aromatic carbocycles. The Bertz CT molecular complexity index is 1020. The third-order valence-corrected chi connectivity index (χ3v) is 5.35. The highest BCUT2D eigenvalue weighted by atomic mass is 16.5. The molecule has 0 saturated carbocycles. The Kier molecular flexibility index (Phi) is 5.62. The van der Waals surface area contributed by atoms with Gasteiger partial charge in [0.2, 0.25) is 0 Å². The number of H-pyrrole nitrogens is 1. The first-order valence-corrected chi connectivity index (χ1v) is 9.89. The predicted octanol–water partition coefficient (Wildman–Crippen LogP) is 2.98. The molecule has 0 radical (unpaired) electrons. The Balaban J connectivity index is 1.26. The highest BCUT2D eigenvalue weighted by molar-refractivity contribution is 6.04. The number of carbonyl (C=O) groups excluding carboxylic acids is 2. The molecule has 1 N–H and O–H groups in total. The van der Waals surface area contributed by atoms with E-state index in [2.05, 4.69) is 41.1 Å². The van der Waals surface area contributed by atoms with E-state index in [-0.39, 0.29) is 12.5 Å². The van der Waals surface area contributed by atoms with Gasteiger partial charge in [0, 0.05) is 49.8 Å². The van der Waals surface area contributed by atoms with Crippen molar-refractivity contribution in [2.75, 3.05) is 32.8 Å². The zero-order chi connectivity index (χ0) is 20.2. The molecule has 2 heterocycles. The Morgan fingerprint density at radius 1 is 1.03 bits per heavy atom. The van der Waals surface area contributed by atoms with Gasteiger partial charge in [-0.2, -0.15) is 0 Å². The molecule has 0 spiro atoms. The fraction of sp³-hybridized carbons (Fsp3) is 0.304. The number of carbonyl (C=O) groups is 2. The summed E-state index contributed by atoms with van der Waals surface area (Å²) >= 11 is 0. The summed E-state index contributed by atoms with van der Waals surface area (Å²) in [5.74, 6) is -0.623. The molecule has 150 valence electrons. The van der Waals surface area contributed by atoms with Gasteiger partial charge in [-0.25, -0.2) is 4.79 Å². The monoisotopic (exact) mass is 391 g/mol. The molecule has 0 unspecified atom stereocenters. The Morgan fingerprint density at radius 3 is 2.62 bits per heavy atom.